The smallest absolute Gasteiger partial charge is 0.416 e. The second-order valence-electron chi connectivity index (χ2n) is 8.04. The Morgan fingerprint density at radius 1 is 1.14 bits per heavy atom. The molecule has 0 fully saturated rings. The number of nitrogens with one attached hydrogen (secondary N) is 1. The van der Waals surface area contributed by atoms with E-state index in [4.69, 9.17) is 4.42 Å². The van der Waals surface area contributed by atoms with Crippen LogP contribution in [0, 0.1) is 0 Å². The van der Waals surface area contributed by atoms with E-state index in [-0.39, 0.29) is 19.1 Å². The molecule has 0 aliphatic rings. The van der Waals surface area contributed by atoms with Gasteiger partial charge in [-0.3, -0.25) is 14.0 Å². The number of rotatable bonds is 6. The van der Waals surface area contributed by atoms with Crippen LogP contribution < -0.4 is 5.32 Å². The monoisotopic (exact) mass is 483 g/mol. The normalized spacial score (nSPS) is 12.0. The molecule has 0 radical (unpaired) electrons. The van der Waals surface area contributed by atoms with E-state index in [1.165, 1.54) is 18.5 Å². The third kappa shape index (κ3) is 4.14. The van der Waals surface area contributed by atoms with Gasteiger partial charge in [0.1, 0.15) is 11.5 Å². The Morgan fingerprint density at radius 3 is 2.63 bits per heavy atom. The first-order valence-corrected chi connectivity index (χ1v) is 10.7. The zero-order valence-corrected chi connectivity index (χ0v) is 18.5. The zero-order valence-electron chi connectivity index (χ0n) is 18.5. The molecule has 2 aromatic carbocycles. The standard InChI is InChI=1S/C24H20F3N5O3/c1-31-11-18-17-10-14(23(34)28-9-8-21-19(12-33)29-13-35-21)2-7-20(17)32(22(18)30-31)16-5-3-15(4-6-16)24(25,26)27/h2-7,10-11,13,33H,8-9,12H2,1H3,(H,28,34). The molecule has 8 nitrogen and oxygen atoms in total. The Kier molecular flexibility index (Phi) is 5.56. The van der Waals surface area contributed by atoms with E-state index in [1.807, 2.05) is 0 Å². The van der Waals surface area contributed by atoms with Gasteiger partial charge in [0.25, 0.3) is 5.91 Å². The fraction of sp³-hybridized carbons (Fsp3) is 0.208. The van der Waals surface area contributed by atoms with Crippen molar-refractivity contribution >= 4 is 27.8 Å². The SMILES string of the molecule is Cn1cc2c3cc(C(=O)NCCc4ocnc4CO)ccc3n(-c3ccc(C(F)(F)F)cc3)c2n1. The summed E-state index contributed by atoms with van der Waals surface area (Å²) in [7, 11) is 1.75. The number of halogens is 3. The van der Waals surface area contributed by atoms with Gasteiger partial charge in [0.15, 0.2) is 12.0 Å². The quantitative estimate of drug-likeness (QED) is 0.381. The van der Waals surface area contributed by atoms with Gasteiger partial charge >= 0.3 is 6.18 Å². The zero-order chi connectivity index (χ0) is 24.7. The van der Waals surface area contributed by atoms with Crippen LogP contribution >= 0.6 is 0 Å². The maximum Gasteiger partial charge on any atom is 0.416 e. The Morgan fingerprint density at radius 2 is 1.91 bits per heavy atom. The summed E-state index contributed by atoms with van der Waals surface area (Å²) in [6.07, 6.45) is -0.995. The van der Waals surface area contributed by atoms with Gasteiger partial charge in [0.05, 0.1) is 17.7 Å². The summed E-state index contributed by atoms with van der Waals surface area (Å²) in [6.45, 7) is 0.0431. The van der Waals surface area contributed by atoms with Gasteiger partial charge in [-0.25, -0.2) is 4.98 Å². The lowest BCUT2D eigenvalue weighted by atomic mass is 10.1. The van der Waals surface area contributed by atoms with Crippen LogP contribution in [0.1, 0.15) is 27.4 Å². The van der Waals surface area contributed by atoms with Crippen molar-refractivity contribution in [2.75, 3.05) is 6.54 Å². The van der Waals surface area contributed by atoms with Gasteiger partial charge in [-0.05, 0) is 42.5 Å². The molecule has 1 amide bonds. The molecular weight excluding hydrogens is 463 g/mol. The molecule has 0 atom stereocenters. The minimum atomic E-state index is -4.42. The lowest BCUT2D eigenvalue weighted by Crippen LogP contribution is -2.25. The average Bonchev–Trinajstić information content (AvgIpc) is 3.51. The van der Waals surface area contributed by atoms with Crippen LogP contribution in [-0.4, -0.2) is 36.9 Å². The number of alkyl halides is 3. The molecule has 5 rings (SSSR count). The number of aliphatic hydroxyl groups is 1. The second kappa shape index (κ2) is 8.58. The molecule has 3 aromatic heterocycles. The minimum absolute atomic E-state index is 0.243. The Hall–Kier alpha value is -4.12. The van der Waals surface area contributed by atoms with Gasteiger partial charge in [0.2, 0.25) is 0 Å². The number of hydrogen-bond acceptors (Lipinski definition) is 5. The van der Waals surface area contributed by atoms with Crippen LogP contribution in [0.15, 0.2) is 59.5 Å². The topological polar surface area (TPSA) is 98.1 Å². The number of oxazole rings is 1. The number of fused-ring (bicyclic) bond motifs is 3. The van der Waals surface area contributed by atoms with Crippen LogP contribution in [0.25, 0.3) is 27.6 Å². The number of nitrogens with zero attached hydrogens (tertiary/aromatic N) is 4. The van der Waals surface area contributed by atoms with Gasteiger partial charge in [-0.2, -0.15) is 18.3 Å². The Balaban J connectivity index is 1.46. The number of carbonyl (C=O) groups is 1. The molecule has 5 aromatic rings. The minimum Gasteiger partial charge on any atom is -0.448 e. The Bertz CT molecular complexity index is 1530. The fourth-order valence-corrected chi connectivity index (χ4v) is 4.11. The van der Waals surface area contributed by atoms with Crippen molar-refractivity contribution in [1.82, 2.24) is 24.6 Å². The highest BCUT2D eigenvalue weighted by molar-refractivity contribution is 6.10. The van der Waals surface area contributed by atoms with Crippen molar-refractivity contribution in [3.63, 3.8) is 0 Å². The fourth-order valence-electron chi connectivity index (χ4n) is 4.11. The predicted octanol–water partition coefficient (Wildman–Crippen LogP) is 3.99. The highest BCUT2D eigenvalue weighted by Crippen LogP contribution is 2.34. The summed E-state index contributed by atoms with van der Waals surface area (Å²) in [6, 6.07) is 10.0. The number of amides is 1. The number of benzene rings is 2. The number of hydrogen-bond donors (Lipinski definition) is 2. The largest absolute Gasteiger partial charge is 0.448 e. The molecule has 3 heterocycles. The number of aryl methyl sites for hydroxylation is 1. The van der Waals surface area contributed by atoms with Crippen molar-refractivity contribution in [3.8, 4) is 5.69 Å². The molecule has 35 heavy (non-hydrogen) atoms. The van der Waals surface area contributed by atoms with E-state index in [1.54, 1.807) is 40.7 Å². The molecule has 0 aliphatic heterocycles. The van der Waals surface area contributed by atoms with Gasteiger partial charge in [-0.15, -0.1) is 0 Å². The first-order valence-electron chi connectivity index (χ1n) is 10.7. The van der Waals surface area contributed by atoms with Crippen molar-refractivity contribution in [3.05, 3.63) is 77.6 Å². The van der Waals surface area contributed by atoms with E-state index < -0.39 is 11.7 Å². The van der Waals surface area contributed by atoms with Crippen molar-refractivity contribution < 1.29 is 27.5 Å². The molecule has 0 saturated carbocycles. The third-order valence-electron chi connectivity index (χ3n) is 5.78. The summed E-state index contributed by atoms with van der Waals surface area (Å²) < 4.78 is 47.7. The van der Waals surface area contributed by atoms with Crippen molar-refractivity contribution in [2.45, 2.75) is 19.2 Å². The third-order valence-corrected chi connectivity index (χ3v) is 5.78. The summed E-state index contributed by atoms with van der Waals surface area (Å²) in [5, 5.41) is 18.1. The van der Waals surface area contributed by atoms with Crippen LogP contribution in [0.3, 0.4) is 0 Å². The summed E-state index contributed by atoms with van der Waals surface area (Å²) in [5.41, 5.74) is 1.94. The van der Waals surface area contributed by atoms with Gasteiger partial charge < -0.3 is 14.8 Å². The van der Waals surface area contributed by atoms with E-state index in [0.29, 0.717) is 40.3 Å². The molecule has 11 heteroatoms. The van der Waals surface area contributed by atoms with Crippen molar-refractivity contribution in [1.29, 1.82) is 0 Å². The number of carbonyl (C=O) groups excluding carboxylic acids is 1. The summed E-state index contributed by atoms with van der Waals surface area (Å²) in [5.74, 6) is 0.213. The molecule has 180 valence electrons. The number of aromatic nitrogens is 4. The van der Waals surface area contributed by atoms with Crippen molar-refractivity contribution in [2.24, 2.45) is 7.05 Å². The van der Waals surface area contributed by atoms with Crippen LogP contribution in [0.5, 0.6) is 0 Å². The molecule has 0 aliphatic carbocycles. The second-order valence-corrected chi connectivity index (χ2v) is 8.04. The van der Waals surface area contributed by atoms with E-state index in [2.05, 4.69) is 15.4 Å². The van der Waals surface area contributed by atoms with Crippen LogP contribution in [-0.2, 0) is 26.3 Å². The highest BCUT2D eigenvalue weighted by atomic mass is 19.4. The van der Waals surface area contributed by atoms with E-state index in [0.717, 1.165) is 22.9 Å². The maximum atomic E-state index is 13.0. The van der Waals surface area contributed by atoms with Crippen LogP contribution in [0.2, 0.25) is 0 Å². The molecule has 0 saturated heterocycles. The average molecular weight is 483 g/mol. The molecule has 0 spiro atoms. The van der Waals surface area contributed by atoms with Gasteiger partial charge in [0, 0.05) is 48.2 Å². The molecule has 0 unspecified atom stereocenters. The molecule has 0 bridgehead atoms. The Labute approximate surface area is 196 Å². The van der Waals surface area contributed by atoms with E-state index in [9.17, 15) is 23.1 Å². The van der Waals surface area contributed by atoms with Crippen LogP contribution in [0.4, 0.5) is 13.2 Å². The molecular formula is C24H20F3N5O3. The van der Waals surface area contributed by atoms with E-state index >= 15 is 0 Å². The molecule has 2 N–H and O–H groups in total. The summed E-state index contributed by atoms with van der Waals surface area (Å²) >= 11 is 0. The predicted molar refractivity (Wildman–Crippen MR) is 121 cm³/mol. The maximum absolute atomic E-state index is 13.0. The van der Waals surface area contributed by atoms with Gasteiger partial charge in [-0.1, -0.05) is 0 Å². The lowest BCUT2D eigenvalue weighted by Gasteiger charge is -2.10. The first kappa shape index (κ1) is 22.7. The summed E-state index contributed by atoms with van der Waals surface area (Å²) in [4.78, 5) is 16.7. The lowest BCUT2D eigenvalue weighted by molar-refractivity contribution is -0.137. The number of aliphatic hydroxyl groups excluding tert-OH is 1. The highest BCUT2D eigenvalue weighted by Gasteiger charge is 2.30. The first-order chi connectivity index (χ1) is 16.8.